The van der Waals surface area contributed by atoms with Crippen molar-refractivity contribution in [1.82, 2.24) is 9.21 Å². The quantitative estimate of drug-likeness (QED) is 0.700. The highest BCUT2D eigenvalue weighted by Gasteiger charge is 2.25. The van der Waals surface area contributed by atoms with Crippen LogP contribution in [0.1, 0.15) is 30.6 Å². The van der Waals surface area contributed by atoms with Crippen molar-refractivity contribution >= 4 is 21.9 Å². The molecule has 0 aliphatic rings. The van der Waals surface area contributed by atoms with E-state index >= 15 is 0 Å². The van der Waals surface area contributed by atoms with Crippen molar-refractivity contribution in [2.45, 2.75) is 25.2 Å². The molecule has 1 rings (SSSR count). The molecule has 8 nitrogen and oxygen atoms in total. The minimum absolute atomic E-state index is 0.00431. The van der Waals surface area contributed by atoms with Gasteiger partial charge in [-0.05, 0) is 18.2 Å². The highest BCUT2D eigenvalue weighted by Crippen LogP contribution is 2.25. The van der Waals surface area contributed by atoms with Crippen LogP contribution in [0.2, 0.25) is 0 Å². The molecule has 140 valence electrons. The number of aliphatic carboxylic acids is 1. The van der Waals surface area contributed by atoms with Gasteiger partial charge < -0.3 is 14.7 Å². The fraction of sp³-hybridized carbons (Fsp3) is 0.500. The summed E-state index contributed by atoms with van der Waals surface area (Å²) in [5, 5.41) is 8.73. The number of ether oxygens (including phenoxy) is 1. The molecule has 0 aliphatic carbocycles. The van der Waals surface area contributed by atoms with Crippen molar-refractivity contribution in [1.29, 1.82) is 0 Å². The number of amides is 1. The van der Waals surface area contributed by atoms with E-state index < -0.39 is 21.9 Å². The number of methoxy groups -OCH3 is 1. The second-order valence-corrected chi connectivity index (χ2v) is 7.26. The van der Waals surface area contributed by atoms with Gasteiger partial charge in [0, 0.05) is 26.7 Å². The van der Waals surface area contributed by atoms with Gasteiger partial charge in [-0.2, -0.15) is 4.31 Å². The molecule has 1 aromatic rings. The summed E-state index contributed by atoms with van der Waals surface area (Å²) in [6.07, 6.45) is -0.206. The molecule has 0 bridgehead atoms. The molecule has 0 aromatic heterocycles. The molecule has 1 N–H and O–H groups in total. The van der Waals surface area contributed by atoms with Crippen LogP contribution < -0.4 is 4.74 Å². The molecule has 0 heterocycles. The number of rotatable bonds is 9. The highest BCUT2D eigenvalue weighted by atomic mass is 32.2. The Balaban J connectivity index is 3.27. The number of nitrogens with zero attached hydrogens (tertiary/aromatic N) is 2. The van der Waals surface area contributed by atoms with Gasteiger partial charge in [0.1, 0.15) is 5.75 Å². The van der Waals surface area contributed by atoms with Crippen LogP contribution in [-0.4, -0.2) is 68.4 Å². The zero-order valence-electron chi connectivity index (χ0n) is 14.9. The molecular weight excluding hydrogens is 348 g/mol. The number of benzene rings is 1. The highest BCUT2D eigenvalue weighted by molar-refractivity contribution is 7.89. The summed E-state index contributed by atoms with van der Waals surface area (Å²) in [7, 11) is -0.889. The lowest BCUT2D eigenvalue weighted by Crippen LogP contribution is -2.32. The van der Waals surface area contributed by atoms with E-state index in [2.05, 4.69) is 0 Å². The molecule has 1 aromatic carbocycles. The van der Waals surface area contributed by atoms with E-state index in [1.807, 2.05) is 0 Å². The van der Waals surface area contributed by atoms with Crippen LogP contribution in [-0.2, 0) is 14.8 Å². The van der Waals surface area contributed by atoms with Crippen molar-refractivity contribution in [3.8, 4) is 5.75 Å². The molecular formula is C16H24N2O6S. The fourth-order valence-corrected chi connectivity index (χ4v) is 3.78. The molecule has 0 spiro atoms. The number of carboxylic acid groups (broad SMARTS) is 1. The first-order chi connectivity index (χ1) is 11.7. The topological polar surface area (TPSA) is 104 Å². The van der Waals surface area contributed by atoms with Crippen LogP contribution in [0.25, 0.3) is 0 Å². The maximum atomic E-state index is 12.6. The van der Waals surface area contributed by atoms with E-state index in [4.69, 9.17) is 9.84 Å². The third kappa shape index (κ3) is 4.93. The van der Waals surface area contributed by atoms with Crippen LogP contribution in [0.5, 0.6) is 5.75 Å². The lowest BCUT2D eigenvalue weighted by Gasteiger charge is -2.21. The summed E-state index contributed by atoms with van der Waals surface area (Å²) in [6, 6.07) is 4.08. The predicted octanol–water partition coefficient (Wildman–Crippen LogP) is 1.27. The Labute approximate surface area is 148 Å². The second-order valence-electron chi connectivity index (χ2n) is 5.32. The average Bonchev–Trinajstić information content (AvgIpc) is 2.59. The first-order valence-electron chi connectivity index (χ1n) is 7.84. The Kier molecular flexibility index (Phi) is 7.38. The summed E-state index contributed by atoms with van der Waals surface area (Å²) in [5.74, 6) is -1.30. The first-order valence-corrected chi connectivity index (χ1v) is 9.28. The van der Waals surface area contributed by atoms with Crippen LogP contribution in [0.3, 0.4) is 0 Å². The molecule has 0 atom stereocenters. The number of carbonyl (C=O) groups is 2. The number of sulfonamides is 1. The Morgan fingerprint density at radius 2 is 1.80 bits per heavy atom. The van der Waals surface area contributed by atoms with Crippen molar-refractivity contribution in [2.75, 3.05) is 33.8 Å². The summed E-state index contributed by atoms with van der Waals surface area (Å²) < 4.78 is 31.7. The van der Waals surface area contributed by atoms with Crippen molar-refractivity contribution < 1.29 is 27.9 Å². The van der Waals surface area contributed by atoms with Crippen molar-refractivity contribution in [2.24, 2.45) is 0 Å². The maximum Gasteiger partial charge on any atom is 0.305 e. The van der Waals surface area contributed by atoms with E-state index in [1.165, 1.54) is 41.6 Å². The lowest BCUT2D eigenvalue weighted by atomic mass is 10.1. The SMILES string of the molecule is CCN(CC)S(=O)(=O)c1ccc(OC)c(C(=O)N(C)CCC(=O)O)c1. The number of hydrogen-bond donors (Lipinski definition) is 1. The van der Waals surface area contributed by atoms with Gasteiger partial charge in [0.15, 0.2) is 0 Å². The molecule has 25 heavy (non-hydrogen) atoms. The average molecular weight is 372 g/mol. The molecule has 0 radical (unpaired) electrons. The van der Waals surface area contributed by atoms with Gasteiger partial charge in [-0.25, -0.2) is 8.42 Å². The number of hydrogen-bond acceptors (Lipinski definition) is 5. The molecule has 0 unspecified atom stereocenters. The van der Waals surface area contributed by atoms with E-state index in [-0.39, 0.29) is 29.2 Å². The van der Waals surface area contributed by atoms with Gasteiger partial charge in [0.05, 0.1) is 24.0 Å². The van der Waals surface area contributed by atoms with Crippen molar-refractivity contribution in [3.05, 3.63) is 23.8 Å². The van der Waals surface area contributed by atoms with Crippen molar-refractivity contribution in [3.63, 3.8) is 0 Å². The summed E-state index contributed by atoms with van der Waals surface area (Å²) >= 11 is 0. The normalized spacial score (nSPS) is 11.4. The van der Waals surface area contributed by atoms with Gasteiger partial charge in [-0.1, -0.05) is 13.8 Å². The van der Waals surface area contributed by atoms with Crippen LogP contribution in [0, 0.1) is 0 Å². The summed E-state index contributed by atoms with van der Waals surface area (Å²) in [4.78, 5) is 24.4. The van der Waals surface area contributed by atoms with Crippen LogP contribution in [0.4, 0.5) is 0 Å². The second kappa shape index (κ2) is 8.82. The first kappa shape index (κ1) is 20.9. The van der Waals surface area contributed by atoms with Gasteiger partial charge in [0.25, 0.3) is 5.91 Å². The maximum absolute atomic E-state index is 12.6. The number of carbonyl (C=O) groups excluding carboxylic acids is 1. The number of carboxylic acids is 1. The Bertz CT molecular complexity index is 728. The largest absolute Gasteiger partial charge is 0.496 e. The van der Waals surface area contributed by atoms with E-state index in [0.717, 1.165) is 0 Å². The molecule has 1 amide bonds. The molecule has 0 saturated heterocycles. The smallest absolute Gasteiger partial charge is 0.305 e. The third-order valence-corrected chi connectivity index (χ3v) is 5.80. The minimum Gasteiger partial charge on any atom is -0.496 e. The fourth-order valence-electron chi connectivity index (χ4n) is 2.30. The summed E-state index contributed by atoms with van der Waals surface area (Å²) in [6.45, 7) is 4.09. The van der Waals surface area contributed by atoms with Gasteiger partial charge >= 0.3 is 5.97 Å². The van der Waals surface area contributed by atoms with E-state index in [1.54, 1.807) is 13.8 Å². The van der Waals surface area contributed by atoms with E-state index in [9.17, 15) is 18.0 Å². The van der Waals surface area contributed by atoms with Gasteiger partial charge in [0.2, 0.25) is 10.0 Å². The monoisotopic (exact) mass is 372 g/mol. The Morgan fingerprint density at radius 3 is 2.28 bits per heavy atom. The van der Waals surface area contributed by atoms with Gasteiger partial charge in [-0.15, -0.1) is 0 Å². The molecule has 0 fully saturated rings. The predicted molar refractivity (Wildman–Crippen MR) is 92.3 cm³/mol. The third-order valence-electron chi connectivity index (χ3n) is 3.75. The molecule has 0 aliphatic heterocycles. The lowest BCUT2D eigenvalue weighted by molar-refractivity contribution is -0.137. The van der Waals surface area contributed by atoms with Crippen LogP contribution in [0.15, 0.2) is 23.1 Å². The Morgan fingerprint density at radius 1 is 1.20 bits per heavy atom. The zero-order valence-corrected chi connectivity index (χ0v) is 15.7. The molecule has 0 saturated carbocycles. The standard InChI is InChI=1S/C16H24N2O6S/c1-5-18(6-2)25(22,23)12-7-8-14(24-4)13(11-12)16(21)17(3)10-9-15(19)20/h7-8,11H,5-6,9-10H2,1-4H3,(H,19,20). The molecule has 9 heteroatoms. The minimum atomic E-state index is -3.72. The summed E-state index contributed by atoms with van der Waals surface area (Å²) in [5.41, 5.74) is 0.0728. The van der Waals surface area contributed by atoms with Crippen LogP contribution >= 0.6 is 0 Å². The van der Waals surface area contributed by atoms with Gasteiger partial charge in [-0.3, -0.25) is 9.59 Å². The van der Waals surface area contributed by atoms with E-state index in [0.29, 0.717) is 13.1 Å². The Hall–Kier alpha value is -2.13. The zero-order chi connectivity index (χ0) is 19.2.